The van der Waals surface area contributed by atoms with Crippen LogP contribution in [0, 0.1) is 13.8 Å². The number of hydrogen-bond acceptors (Lipinski definition) is 3. The summed E-state index contributed by atoms with van der Waals surface area (Å²) in [6.07, 6.45) is 0. The molecule has 4 nitrogen and oxygen atoms in total. The molecule has 31 heavy (non-hydrogen) atoms. The average molecular weight is 438 g/mol. The van der Waals surface area contributed by atoms with Gasteiger partial charge >= 0.3 is 0 Å². The molecule has 0 fully saturated rings. The van der Waals surface area contributed by atoms with Crippen LogP contribution in [0.5, 0.6) is 11.5 Å². The molecule has 0 aliphatic carbocycles. The van der Waals surface area contributed by atoms with E-state index in [-0.39, 0.29) is 11.9 Å². The molecule has 3 aromatic rings. The van der Waals surface area contributed by atoms with Crippen molar-refractivity contribution in [2.75, 3.05) is 6.61 Å². The fraction of sp³-hybridized carbons (Fsp3) is 0.269. The monoisotopic (exact) mass is 437 g/mol. The minimum Gasteiger partial charge on any atom is -0.493 e. The molecule has 0 radical (unpaired) electrons. The first-order valence-electron chi connectivity index (χ1n) is 10.4. The Morgan fingerprint density at radius 1 is 0.968 bits per heavy atom. The van der Waals surface area contributed by atoms with Crippen LogP contribution in [0.3, 0.4) is 0 Å². The number of nitrogens with one attached hydrogen (secondary N) is 1. The summed E-state index contributed by atoms with van der Waals surface area (Å²) in [4.78, 5) is 12.9. The van der Waals surface area contributed by atoms with Gasteiger partial charge in [-0.1, -0.05) is 29.8 Å². The van der Waals surface area contributed by atoms with Crippen LogP contribution >= 0.6 is 11.6 Å². The Kier molecular flexibility index (Phi) is 7.59. The predicted octanol–water partition coefficient (Wildman–Crippen LogP) is 6.43. The van der Waals surface area contributed by atoms with E-state index >= 15 is 0 Å². The minimum atomic E-state index is -0.154. The van der Waals surface area contributed by atoms with Crippen LogP contribution in [0.2, 0.25) is 5.02 Å². The van der Waals surface area contributed by atoms with Crippen LogP contribution < -0.4 is 14.8 Å². The van der Waals surface area contributed by atoms with Crippen molar-refractivity contribution >= 4 is 17.5 Å². The van der Waals surface area contributed by atoms with Crippen molar-refractivity contribution < 1.29 is 14.3 Å². The number of aryl methyl sites for hydroxylation is 2. The largest absolute Gasteiger partial charge is 0.493 e. The zero-order chi connectivity index (χ0) is 22.4. The van der Waals surface area contributed by atoms with Gasteiger partial charge in [0.25, 0.3) is 5.91 Å². The first kappa shape index (κ1) is 22.7. The third-order valence-electron chi connectivity index (χ3n) is 4.93. The Bertz CT molecular complexity index is 1030. The Balaban J connectivity index is 1.76. The SMILES string of the molecule is CCOc1ccc(C(=O)N[C@H](C)c2ccc(Cl)cc2)cc1COc1cc(C)cc(C)c1. The molecule has 0 bridgehead atoms. The molecule has 162 valence electrons. The van der Waals surface area contributed by atoms with E-state index in [1.54, 1.807) is 6.07 Å². The Morgan fingerprint density at radius 3 is 2.29 bits per heavy atom. The summed E-state index contributed by atoms with van der Waals surface area (Å²) in [6, 6.07) is 18.8. The molecule has 0 aromatic heterocycles. The van der Waals surface area contributed by atoms with Crippen LogP contribution in [0.15, 0.2) is 60.7 Å². The number of benzene rings is 3. The van der Waals surface area contributed by atoms with Gasteiger partial charge in [0, 0.05) is 16.1 Å². The summed E-state index contributed by atoms with van der Waals surface area (Å²) in [6.45, 7) is 8.81. The first-order valence-corrected chi connectivity index (χ1v) is 10.8. The van der Waals surface area contributed by atoms with E-state index in [1.807, 2.05) is 76.2 Å². The van der Waals surface area contributed by atoms with Crippen molar-refractivity contribution in [3.63, 3.8) is 0 Å². The highest BCUT2D eigenvalue weighted by atomic mass is 35.5. The van der Waals surface area contributed by atoms with Crippen LogP contribution in [-0.4, -0.2) is 12.5 Å². The lowest BCUT2D eigenvalue weighted by Crippen LogP contribution is -2.26. The van der Waals surface area contributed by atoms with Gasteiger partial charge in [0.15, 0.2) is 0 Å². The van der Waals surface area contributed by atoms with Crippen molar-refractivity contribution in [3.8, 4) is 11.5 Å². The van der Waals surface area contributed by atoms with E-state index in [2.05, 4.69) is 11.4 Å². The molecule has 0 heterocycles. The predicted molar refractivity (Wildman–Crippen MR) is 125 cm³/mol. The van der Waals surface area contributed by atoms with Crippen LogP contribution in [0.1, 0.15) is 52.5 Å². The van der Waals surface area contributed by atoms with Crippen molar-refractivity contribution in [2.45, 2.75) is 40.3 Å². The number of halogens is 1. The van der Waals surface area contributed by atoms with Crippen molar-refractivity contribution in [2.24, 2.45) is 0 Å². The quantitative estimate of drug-likeness (QED) is 0.442. The maximum atomic E-state index is 12.9. The van der Waals surface area contributed by atoms with Gasteiger partial charge in [-0.3, -0.25) is 4.79 Å². The molecule has 1 amide bonds. The fourth-order valence-electron chi connectivity index (χ4n) is 3.42. The molecular formula is C26H28ClNO3. The van der Waals surface area contributed by atoms with E-state index in [0.29, 0.717) is 29.5 Å². The second-order valence-corrected chi connectivity index (χ2v) is 8.05. The molecule has 1 N–H and O–H groups in total. The molecule has 5 heteroatoms. The summed E-state index contributed by atoms with van der Waals surface area (Å²) in [5.41, 5.74) is 4.66. The lowest BCUT2D eigenvalue weighted by molar-refractivity contribution is 0.0939. The third-order valence-corrected chi connectivity index (χ3v) is 5.18. The number of carbonyl (C=O) groups excluding carboxylic acids is 1. The molecule has 1 atom stereocenters. The molecule has 0 aliphatic heterocycles. The van der Waals surface area contributed by atoms with E-state index in [9.17, 15) is 4.79 Å². The van der Waals surface area contributed by atoms with Gasteiger partial charge in [0.05, 0.1) is 12.6 Å². The van der Waals surface area contributed by atoms with Gasteiger partial charge < -0.3 is 14.8 Å². The Hall–Kier alpha value is -2.98. The summed E-state index contributed by atoms with van der Waals surface area (Å²) in [7, 11) is 0. The van der Waals surface area contributed by atoms with Gasteiger partial charge in [-0.25, -0.2) is 0 Å². The molecule has 0 saturated carbocycles. The van der Waals surface area contributed by atoms with Gasteiger partial charge in [-0.2, -0.15) is 0 Å². The van der Waals surface area contributed by atoms with E-state index in [1.165, 1.54) is 0 Å². The van der Waals surface area contributed by atoms with Gasteiger partial charge in [0.2, 0.25) is 0 Å². The van der Waals surface area contributed by atoms with Crippen molar-refractivity contribution in [1.29, 1.82) is 0 Å². The van der Waals surface area contributed by atoms with E-state index in [4.69, 9.17) is 21.1 Å². The van der Waals surface area contributed by atoms with Crippen molar-refractivity contribution in [3.05, 3.63) is 93.5 Å². The summed E-state index contributed by atoms with van der Waals surface area (Å²) in [5.74, 6) is 1.36. The first-order chi connectivity index (χ1) is 14.9. The Labute approximate surface area is 189 Å². The molecular weight excluding hydrogens is 410 g/mol. The van der Waals surface area contributed by atoms with Gasteiger partial charge in [-0.15, -0.1) is 0 Å². The zero-order valence-corrected chi connectivity index (χ0v) is 19.1. The normalized spacial score (nSPS) is 11.6. The number of amides is 1. The number of rotatable bonds is 8. The minimum absolute atomic E-state index is 0.147. The lowest BCUT2D eigenvalue weighted by atomic mass is 10.1. The lowest BCUT2D eigenvalue weighted by Gasteiger charge is -2.17. The highest BCUT2D eigenvalue weighted by molar-refractivity contribution is 6.30. The second kappa shape index (κ2) is 10.4. The van der Waals surface area contributed by atoms with E-state index < -0.39 is 0 Å². The summed E-state index contributed by atoms with van der Waals surface area (Å²) < 4.78 is 11.8. The van der Waals surface area contributed by atoms with Crippen molar-refractivity contribution in [1.82, 2.24) is 5.32 Å². The molecule has 0 spiro atoms. The summed E-state index contributed by atoms with van der Waals surface area (Å²) in [5, 5.41) is 3.70. The molecule has 3 aromatic carbocycles. The highest BCUT2D eigenvalue weighted by Gasteiger charge is 2.15. The van der Waals surface area contributed by atoms with Crippen LogP contribution in [0.4, 0.5) is 0 Å². The van der Waals surface area contributed by atoms with E-state index in [0.717, 1.165) is 28.0 Å². The molecule has 0 unspecified atom stereocenters. The third kappa shape index (κ3) is 6.25. The fourth-order valence-corrected chi connectivity index (χ4v) is 3.55. The molecule has 3 rings (SSSR count). The molecule has 0 aliphatic rings. The second-order valence-electron chi connectivity index (χ2n) is 7.61. The number of hydrogen-bond donors (Lipinski definition) is 1. The maximum Gasteiger partial charge on any atom is 0.251 e. The topological polar surface area (TPSA) is 47.6 Å². The highest BCUT2D eigenvalue weighted by Crippen LogP contribution is 2.25. The number of ether oxygens (including phenoxy) is 2. The van der Waals surface area contributed by atoms with Gasteiger partial charge in [0.1, 0.15) is 18.1 Å². The molecule has 0 saturated heterocycles. The standard InChI is InChI=1S/C26H28ClNO3/c1-5-30-25-11-8-21(26(29)28-19(4)20-6-9-23(27)10-7-20)15-22(25)16-31-24-13-17(2)12-18(3)14-24/h6-15,19H,5,16H2,1-4H3,(H,28,29)/t19-/m1/s1. The van der Waals surface area contributed by atoms with Crippen LogP contribution in [-0.2, 0) is 6.61 Å². The van der Waals surface area contributed by atoms with Gasteiger partial charge in [-0.05, 0) is 86.8 Å². The maximum absolute atomic E-state index is 12.9. The smallest absolute Gasteiger partial charge is 0.251 e. The van der Waals surface area contributed by atoms with Crippen LogP contribution in [0.25, 0.3) is 0 Å². The average Bonchev–Trinajstić information content (AvgIpc) is 2.73. The number of carbonyl (C=O) groups is 1. The zero-order valence-electron chi connectivity index (χ0n) is 18.4. The Morgan fingerprint density at radius 2 is 1.65 bits per heavy atom. The summed E-state index contributed by atoms with van der Waals surface area (Å²) >= 11 is 5.96.